The Morgan fingerprint density at radius 1 is 0.921 bits per heavy atom. The Morgan fingerprint density at radius 2 is 1.61 bits per heavy atom. The van der Waals surface area contributed by atoms with E-state index < -0.39 is 35.7 Å². The Hall–Kier alpha value is -0.570. The highest BCUT2D eigenvalue weighted by Gasteiger charge is 2.62. The van der Waals surface area contributed by atoms with Gasteiger partial charge in [-0.25, -0.2) is 0 Å². The first-order chi connectivity index (χ1) is 17.7. The number of hydrogen-bond donors (Lipinski definition) is 1. The average Bonchev–Trinajstić information content (AvgIpc) is 3.13. The van der Waals surface area contributed by atoms with Crippen molar-refractivity contribution < 1.29 is 36.1 Å². The molecule has 4 fully saturated rings. The van der Waals surface area contributed by atoms with Crippen molar-refractivity contribution in [2.24, 2.45) is 40.4 Å². The molecule has 4 aliphatic rings. The third-order valence-corrected chi connectivity index (χ3v) is 12.8. The number of hydrogen-bond acceptors (Lipinski definition) is 3. The van der Waals surface area contributed by atoms with Gasteiger partial charge < -0.3 is 5.11 Å². The van der Waals surface area contributed by atoms with Gasteiger partial charge in [-0.3, -0.25) is 9.00 Å². The van der Waals surface area contributed by atoms with E-state index in [2.05, 4.69) is 13.8 Å². The quantitative estimate of drug-likeness (QED) is 0.220. The molecule has 0 heterocycles. The number of carbonyl (C=O) groups excluding carboxylic acids is 1. The lowest BCUT2D eigenvalue weighted by Gasteiger charge is -2.62. The molecule has 0 spiro atoms. The molecular formula is C29H45F5O3S. The summed E-state index contributed by atoms with van der Waals surface area (Å²) < 4.78 is 75.1. The van der Waals surface area contributed by atoms with E-state index in [-0.39, 0.29) is 22.7 Å². The maximum atomic E-state index is 13.0. The lowest BCUT2D eigenvalue weighted by molar-refractivity contribution is -0.284. The summed E-state index contributed by atoms with van der Waals surface area (Å²) in [6.07, 6.45) is 3.55. The Morgan fingerprint density at radius 3 is 2.32 bits per heavy atom. The van der Waals surface area contributed by atoms with Gasteiger partial charge in [-0.05, 0) is 91.8 Å². The molecular weight excluding hydrogens is 523 g/mol. The van der Waals surface area contributed by atoms with E-state index in [0.29, 0.717) is 60.4 Å². The van der Waals surface area contributed by atoms with Crippen LogP contribution in [0.25, 0.3) is 0 Å². The number of aliphatic hydroxyl groups is 1. The molecule has 0 aromatic heterocycles. The second-order valence-corrected chi connectivity index (χ2v) is 15.1. The summed E-state index contributed by atoms with van der Waals surface area (Å²) in [7, 11) is -1.39. The predicted octanol–water partition coefficient (Wildman–Crippen LogP) is 7.47. The molecule has 4 aliphatic carbocycles. The average molecular weight is 569 g/mol. The van der Waals surface area contributed by atoms with Crippen molar-refractivity contribution in [2.75, 3.05) is 11.5 Å². The van der Waals surface area contributed by atoms with Crippen LogP contribution in [0.5, 0.6) is 0 Å². The van der Waals surface area contributed by atoms with E-state index in [4.69, 9.17) is 0 Å². The molecule has 220 valence electrons. The standard InChI is InChI=1S/C29H45F5O3S/c1-26-13-10-21(35)18-20(26)17-19(25-22-8-9-24(36)27(22,2)14-11-23(25)26)7-4-3-5-15-38(37)16-6-12-28(30,31)29(32,33)34/h19-20,22-25,36H,3-18H2,1-2H3/t19-,20-,22-,23-,24-,25-,26-,27-,38?/m0/s1. The number of alkyl halides is 5. The Balaban J connectivity index is 1.30. The molecule has 1 unspecified atom stereocenters. The van der Waals surface area contributed by atoms with Crippen LogP contribution in [-0.2, 0) is 15.6 Å². The van der Waals surface area contributed by atoms with Gasteiger partial charge in [-0.2, -0.15) is 22.0 Å². The van der Waals surface area contributed by atoms with Gasteiger partial charge >= 0.3 is 12.1 Å². The zero-order valence-corrected chi connectivity index (χ0v) is 23.7. The molecule has 9 atom stereocenters. The largest absolute Gasteiger partial charge is 0.453 e. The zero-order valence-electron chi connectivity index (χ0n) is 22.8. The summed E-state index contributed by atoms with van der Waals surface area (Å²) >= 11 is 0. The first-order valence-corrected chi connectivity index (χ1v) is 16.2. The van der Waals surface area contributed by atoms with Gasteiger partial charge in [0.1, 0.15) is 5.78 Å². The summed E-state index contributed by atoms with van der Waals surface area (Å²) in [6.45, 7) is 4.70. The SMILES string of the molecule is C[C@]12CCC(=O)C[C@@H]1C[C@H](CCCCCS(=O)CCCC(F)(F)C(F)(F)F)[C@@H]1[C@@H]2CC[C@]2(C)[C@@H](O)CC[C@@H]12. The normalized spacial score (nSPS) is 40.4. The number of fused-ring (bicyclic) bond motifs is 5. The molecule has 4 saturated carbocycles. The molecule has 0 aromatic carbocycles. The lowest BCUT2D eigenvalue weighted by Crippen LogP contribution is -2.57. The Bertz CT molecular complexity index is 879. The van der Waals surface area contributed by atoms with Gasteiger partial charge in [0.25, 0.3) is 0 Å². The summed E-state index contributed by atoms with van der Waals surface area (Å²) in [5.41, 5.74) is 0.177. The minimum absolute atomic E-state index is 0.0209. The lowest BCUT2D eigenvalue weighted by atomic mass is 9.42. The van der Waals surface area contributed by atoms with Crippen molar-refractivity contribution in [1.82, 2.24) is 0 Å². The van der Waals surface area contributed by atoms with Gasteiger partial charge in [0.15, 0.2) is 0 Å². The maximum absolute atomic E-state index is 13.0. The van der Waals surface area contributed by atoms with Gasteiger partial charge in [-0.1, -0.05) is 33.1 Å². The van der Waals surface area contributed by atoms with E-state index in [1.54, 1.807) is 0 Å². The zero-order chi connectivity index (χ0) is 27.9. The number of ketones is 1. The van der Waals surface area contributed by atoms with Crippen molar-refractivity contribution in [1.29, 1.82) is 0 Å². The second kappa shape index (κ2) is 11.4. The topological polar surface area (TPSA) is 54.4 Å². The molecule has 0 aliphatic heterocycles. The fourth-order valence-electron chi connectivity index (χ4n) is 9.04. The molecule has 0 bridgehead atoms. The highest BCUT2D eigenvalue weighted by atomic mass is 32.2. The predicted molar refractivity (Wildman–Crippen MR) is 138 cm³/mol. The van der Waals surface area contributed by atoms with Gasteiger partial charge in [-0.15, -0.1) is 0 Å². The molecule has 9 heteroatoms. The van der Waals surface area contributed by atoms with Crippen molar-refractivity contribution in [3.8, 4) is 0 Å². The minimum atomic E-state index is -5.55. The Labute approximate surface area is 226 Å². The first-order valence-electron chi connectivity index (χ1n) is 14.7. The van der Waals surface area contributed by atoms with Crippen LogP contribution in [0.4, 0.5) is 22.0 Å². The number of carbonyl (C=O) groups is 1. The minimum Gasteiger partial charge on any atom is -0.393 e. The number of rotatable bonds is 10. The highest BCUT2D eigenvalue weighted by molar-refractivity contribution is 7.84. The highest BCUT2D eigenvalue weighted by Crippen LogP contribution is 2.67. The van der Waals surface area contributed by atoms with Crippen LogP contribution in [0.1, 0.15) is 104 Å². The molecule has 0 saturated heterocycles. The molecule has 1 N–H and O–H groups in total. The Kier molecular flexibility index (Phi) is 9.09. The van der Waals surface area contributed by atoms with E-state index in [1.807, 2.05) is 0 Å². The van der Waals surface area contributed by atoms with Crippen molar-refractivity contribution >= 4 is 16.6 Å². The molecule has 0 aromatic rings. The van der Waals surface area contributed by atoms with E-state index >= 15 is 0 Å². The van der Waals surface area contributed by atoms with Gasteiger partial charge in [0, 0.05) is 41.6 Å². The van der Waals surface area contributed by atoms with Crippen molar-refractivity contribution in [2.45, 2.75) is 122 Å². The summed E-state index contributed by atoms with van der Waals surface area (Å²) in [5, 5.41) is 10.9. The van der Waals surface area contributed by atoms with Crippen LogP contribution in [0.3, 0.4) is 0 Å². The van der Waals surface area contributed by atoms with E-state index in [9.17, 15) is 36.1 Å². The van der Waals surface area contributed by atoms with Crippen LogP contribution >= 0.6 is 0 Å². The number of Topliss-reactive ketones (excluding diaryl/α,β-unsaturated/α-hetero) is 1. The molecule has 0 radical (unpaired) electrons. The van der Waals surface area contributed by atoms with Crippen LogP contribution in [-0.4, -0.2) is 44.8 Å². The number of aliphatic hydroxyl groups excluding tert-OH is 1. The van der Waals surface area contributed by atoms with Gasteiger partial charge in [0.2, 0.25) is 0 Å². The third kappa shape index (κ3) is 5.89. The monoisotopic (exact) mass is 568 g/mol. The maximum Gasteiger partial charge on any atom is 0.453 e. The second-order valence-electron chi connectivity index (χ2n) is 13.4. The van der Waals surface area contributed by atoms with E-state index in [1.165, 1.54) is 0 Å². The molecule has 0 amide bonds. The van der Waals surface area contributed by atoms with Crippen LogP contribution < -0.4 is 0 Å². The van der Waals surface area contributed by atoms with Crippen LogP contribution in [0.2, 0.25) is 0 Å². The third-order valence-electron chi connectivity index (χ3n) is 11.3. The smallest absolute Gasteiger partial charge is 0.393 e. The first kappa shape index (κ1) is 30.4. The van der Waals surface area contributed by atoms with Crippen molar-refractivity contribution in [3.05, 3.63) is 0 Å². The van der Waals surface area contributed by atoms with Crippen molar-refractivity contribution in [3.63, 3.8) is 0 Å². The molecule has 4 rings (SSSR count). The summed E-state index contributed by atoms with van der Waals surface area (Å²) in [6, 6.07) is 0. The van der Waals surface area contributed by atoms with Crippen LogP contribution in [0, 0.1) is 40.4 Å². The fourth-order valence-corrected chi connectivity index (χ4v) is 10.2. The molecule has 3 nitrogen and oxygen atoms in total. The summed E-state index contributed by atoms with van der Waals surface area (Å²) in [4.78, 5) is 12.4. The summed E-state index contributed by atoms with van der Waals surface area (Å²) in [5.74, 6) is -1.54. The van der Waals surface area contributed by atoms with Crippen LogP contribution in [0.15, 0.2) is 0 Å². The van der Waals surface area contributed by atoms with E-state index in [0.717, 1.165) is 57.8 Å². The number of unbranched alkanes of at least 4 members (excludes halogenated alkanes) is 2. The molecule has 38 heavy (non-hydrogen) atoms. The van der Waals surface area contributed by atoms with Gasteiger partial charge in [0.05, 0.1) is 6.10 Å². The fraction of sp³-hybridized carbons (Fsp3) is 0.966. The number of halogens is 5.